The van der Waals surface area contributed by atoms with Gasteiger partial charge in [-0.3, -0.25) is 9.69 Å². The van der Waals surface area contributed by atoms with Gasteiger partial charge in [0.15, 0.2) is 0 Å². The highest BCUT2D eigenvalue weighted by molar-refractivity contribution is 5.85. The Morgan fingerprint density at radius 1 is 1.27 bits per heavy atom. The first kappa shape index (κ1) is 15.0. The summed E-state index contributed by atoms with van der Waals surface area (Å²) in [5.74, 6) is 0.178. The van der Waals surface area contributed by atoms with Crippen LogP contribution in [0.1, 0.15) is 12.8 Å². The Morgan fingerprint density at radius 3 is 2.67 bits per heavy atom. The Morgan fingerprint density at radius 2 is 2.07 bits per heavy atom. The van der Waals surface area contributed by atoms with Gasteiger partial charge in [-0.1, -0.05) is 0 Å². The second-order valence-corrected chi connectivity index (χ2v) is 3.82. The van der Waals surface area contributed by atoms with Crippen molar-refractivity contribution >= 4 is 30.7 Å². The molecule has 0 radical (unpaired) electrons. The lowest BCUT2D eigenvalue weighted by Gasteiger charge is -2.36. The molecule has 0 spiro atoms. The molecule has 0 aromatic heterocycles. The van der Waals surface area contributed by atoms with Gasteiger partial charge in [-0.2, -0.15) is 0 Å². The van der Waals surface area contributed by atoms with Gasteiger partial charge in [0, 0.05) is 25.7 Å². The fourth-order valence-corrected chi connectivity index (χ4v) is 2.12. The molecule has 90 valence electrons. The van der Waals surface area contributed by atoms with Gasteiger partial charge in [0.25, 0.3) is 0 Å². The first-order valence-electron chi connectivity index (χ1n) is 5.08. The second-order valence-electron chi connectivity index (χ2n) is 3.82. The van der Waals surface area contributed by atoms with E-state index in [0.29, 0.717) is 12.6 Å². The van der Waals surface area contributed by atoms with E-state index in [4.69, 9.17) is 0 Å². The fraction of sp³-hybridized carbons (Fsp3) is 0.889. The predicted molar refractivity (Wildman–Crippen MR) is 65.0 cm³/mol. The average Bonchev–Trinajstić information content (AvgIpc) is 2.19. The van der Waals surface area contributed by atoms with E-state index in [9.17, 15) is 4.79 Å². The lowest BCUT2D eigenvalue weighted by Crippen LogP contribution is -2.55. The molecule has 1 atom stereocenters. The lowest BCUT2D eigenvalue weighted by atomic mass is 10.1. The average molecular weight is 256 g/mol. The Labute approximate surface area is 103 Å². The first-order chi connectivity index (χ1) is 6.36. The van der Waals surface area contributed by atoms with Gasteiger partial charge in [-0.05, 0) is 19.4 Å². The molecular weight excluding hydrogens is 237 g/mol. The summed E-state index contributed by atoms with van der Waals surface area (Å²) in [5, 5.41) is 6.22. The highest BCUT2D eigenvalue weighted by Crippen LogP contribution is 2.10. The Bertz CT molecular complexity index is 198. The van der Waals surface area contributed by atoms with Gasteiger partial charge < -0.3 is 10.6 Å². The summed E-state index contributed by atoms with van der Waals surface area (Å²) in [4.78, 5) is 13.4. The van der Waals surface area contributed by atoms with Crippen molar-refractivity contribution in [3.63, 3.8) is 0 Å². The molecule has 2 heterocycles. The van der Waals surface area contributed by atoms with Crippen molar-refractivity contribution in [2.24, 2.45) is 0 Å². The first-order valence-corrected chi connectivity index (χ1v) is 5.08. The van der Waals surface area contributed by atoms with E-state index in [1.807, 2.05) is 0 Å². The molecule has 6 heteroatoms. The topological polar surface area (TPSA) is 44.4 Å². The number of piperazine rings is 1. The number of halogens is 2. The van der Waals surface area contributed by atoms with E-state index in [1.54, 1.807) is 0 Å². The number of carbonyl (C=O) groups is 1. The summed E-state index contributed by atoms with van der Waals surface area (Å²) >= 11 is 0. The minimum absolute atomic E-state index is 0. The predicted octanol–water partition coefficient (Wildman–Crippen LogP) is 0.0138. The highest BCUT2D eigenvalue weighted by Gasteiger charge is 2.24. The van der Waals surface area contributed by atoms with E-state index in [2.05, 4.69) is 15.5 Å². The highest BCUT2D eigenvalue weighted by atomic mass is 35.5. The number of piperidine rings is 1. The molecule has 2 rings (SSSR count). The molecule has 0 aromatic carbocycles. The van der Waals surface area contributed by atoms with Crippen LogP contribution in [0, 0.1) is 0 Å². The third-order valence-electron chi connectivity index (χ3n) is 2.86. The number of carbonyl (C=O) groups excluding carboxylic acids is 1. The Kier molecular flexibility index (Phi) is 7.26. The van der Waals surface area contributed by atoms with Crippen LogP contribution in [0.2, 0.25) is 0 Å². The molecule has 2 saturated heterocycles. The third kappa shape index (κ3) is 4.15. The van der Waals surface area contributed by atoms with Crippen LogP contribution in [0.15, 0.2) is 0 Å². The van der Waals surface area contributed by atoms with Crippen LogP contribution in [0.3, 0.4) is 0 Å². The molecule has 0 aliphatic carbocycles. The molecule has 0 saturated carbocycles. The molecule has 2 fully saturated rings. The van der Waals surface area contributed by atoms with Gasteiger partial charge in [0.05, 0.1) is 6.54 Å². The number of hydrogen-bond donors (Lipinski definition) is 2. The summed E-state index contributed by atoms with van der Waals surface area (Å²) in [7, 11) is 0. The second kappa shape index (κ2) is 7.28. The number of nitrogens with one attached hydrogen (secondary N) is 2. The van der Waals surface area contributed by atoms with E-state index < -0.39 is 0 Å². The molecule has 1 unspecified atom stereocenters. The van der Waals surface area contributed by atoms with Crippen molar-refractivity contribution in [3.8, 4) is 0 Å². The zero-order valence-corrected chi connectivity index (χ0v) is 10.3. The third-order valence-corrected chi connectivity index (χ3v) is 2.86. The number of nitrogens with zero attached hydrogens (tertiary/aromatic N) is 1. The van der Waals surface area contributed by atoms with Gasteiger partial charge in [-0.15, -0.1) is 24.8 Å². The molecule has 0 aromatic rings. The van der Waals surface area contributed by atoms with E-state index in [1.165, 1.54) is 12.8 Å². The SMILES string of the molecule is Cl.Cl.O=C1CN(C2CCCNC2)CCN1. The summed E-state index contributed by atoms with van der Waals surface area (Å²) in [6, 6.07) is 0.583. The van der Waals surface area contributed by atoms with E-state index in [0.717, 1.165) is 26.2 Å². The van der Waals surface area contributed by atoms with Gasteiger partial charge in [0.1, 0.15) is 0 Å². The number of amides is 1. The van der Waals surface area contributed by atoms with E-state index in [-0.39, 0.29) is 30.7 Å². The van der Waals surface area contributed by atoms with Crippen molar-refractivity contribution in [1.29, 1.82) is 0 Å². The monoisotopic (exact) mass is 255 g/mol. The molecule has 4 nitrogen and oxygen atoms in total. The van der Waals surface area contributed by atoms with Crippen LogP contribution in [-0.4, -0.2) is 49.6 Å². The smallest absolute Gasteiger partial charge is 0.234 e. The van der Waals surface area contributed by atoms with Crippen molar-refractivity contribution in [2.45, 2.75) is 18.9 Å². The van der Waals surface area contributed by atoms with Gasteiger partial charge in [0.2, 0.25) is 5.91 Å². The van der Waals surface area contributed by atoms with Gasteiger partial charge in [-0.25, -0.2) is 0 Å². The molecule has 2 aliphatic heterocycles. The van der Waals surface area contributed by atoms with Crippen LogP contribution in [0.25, 0.3) is 0 Å². The normalized spacial score (nSPS) is 27.2. The van der Waals surface area contributed by atoms with Crippen LogP contribution >= 0.6 is 24.8 Å². The minimum atomic E-state index is 0. The summed E-state index contributed by atoms with van der Waals surface area (Å²) < 4.78 is 0. The zero-order valence-electron chi connectivity index (χ0n) is 8.70. The zero-order chi connectivity index (χ0) is 9.10. The maximum atomic E-state index is 11.1. The van der Waals surface area contributed by atoms with Crippen molar-refractivity contribution in [3.05, 3.63) is 0 Å². The fourth-order valence-electron chi connectivity index (χ4n) is 2.12. The van der Waals surface area contributed by atoms with Gasteiger partial charge >= 0.3 is 0 Å². The van der Waals surface area contributed by atoms with Crippen LogP contribution in [-0.2, 0) is 4.79 Å². The molecule has 0 bridgehead atoms. The number of hydrogen-bond acceptors (Lipinski definition) is 3. The summed E-state index contributed by atoms with van der Waals surface area (Å²) in [6.45, 7) is 4.60. The summed E-state index contributed by atoms with van der Waals surface area (Å²) in [5.41, 5.74) is 0. The maximum Gasteiger partial charge on any atom is 0.234 e. The van der Waals surface area contributed by atoms with Crippen molar-refractivity contribution < 1.29 is 4.79 Å². The Hall–Kier alpha value is -0.0300. The standard InChI is InChI=1S/C9H17N3O.2ClH/c13-9-7-12(5-4-11-9)8-2-1-3-10-6-8;;/h8,10H,1-7H2,(H,11,13);2*1H. The molecule has 15 heavy (non-hydrogen) atoms. The molecular formula is C9H19Cl2N3O. The van der Waals surface area contributed by atoms with Crippen LogP contribution in [0.5, 0.6) is 0 Å². The van der Waals surface area contributed by atoms with Crippen molar-refractivity contribution in [1.82, 2.24) is 15.5 Å². The Balaban J connectivity index is 0.000000980. The maximum absolute atomic E-state index is 11.1. The molecule has 1 amide bonds. The number of rotatable bonds is 1. The van der Waals surface area contributed by atoms with Crippen LogP contribution < -0.4 is 10.6 Å². The molecule has 2 N–H and O–H groups in total. The molecule has 2 aliphatic rings. The quantitative estimate of drug-likeness (QED) is 0.695. The largest absolute Gasteiger partial charge is 0.354 e. The van der Waals surface area contributed by atoms with Crippen molar-refractivity contribution in [2.75, 3.05) is 32.7 Å². The summed E-state index contributed by atoms with van der Waals surface area (Å²) in [6.07, 6.45) is 2.48. The minimum Gasteiger partial charge on any atom is -0.354 e. The lowest BCUT2D eigenvalue weighted by molar-refractivity contribution is -0.125. The van der Waals surface area contributed by atoms with Crippen LogP contribution in [0.4, 0.5) is 0 Å². The van der Waals surface area contributed by atoms with E-state index >= 15 is 0 Å².